The van der Waals surface area contributed by atoms with E-state index in [4.69, 9.17) is 15.7 Å². The van der Waals surface area contributed by atoms with E-state index in [1.54, 1.807) is 39.0 Å². The lowest BCUT2D eigenvalue weighted by molar-refractivity contribution is 0.0530. The molecule has 0 unspecified atom stereocenters. The van der Waals surface area contributed by atoms with Gasteiger partial charge < -0.3 is 21.1 Å². The molecule has 0 saturated carbocycles. The van der Waals surface area contributed by atoms with Gasteiger partial charge in [0.2, 0.25) is 0 Å². The van der Waals surface area contributed by atoms with Crippen LogP contribution in [0.5, 0.6) is 0 Å². The van der Waals surface area contributed by atoms with Gasteiger partial charge >= 0.3 is 6.09 Å². The molecule has 20 heavy (non-hydrogen) atoms. The van der Waals surface area contributed by atoms with E-state index in [-0.39, 0.29) is 0 Å². The van der Waals surface area contributed by atoms with Crippen molar-refractivity contribution >= 4 is 17.5 Å². The summed E-state index contributed by atoms with van der Waals surface area (Å²) in [7, 11) is 0. The van der Waals surface area contributed by atoms with Crippen molar-refractivity contribution in [3.8, 4) is 6.07 Å². The van der Waals surface area contributed by atoms with Crippen LogP contribution >= 0.6 is 0 Å². The van der Waals surface area contributed by atoms with Crippen LogP contribution in [0.25, 0.3) is 0 Å². The van der Waals surface area contributed by atoms with E-state index in [2.05, 4.69) is 16.7 Å². The summed E-state index contributed by atoms with van der Waals surface area (Å²) >= 11 is 0. The van der Waals surface area contributed by atoms with E-state index >= 15 is 0 Å². The number of nitrogens with zero attached hydrogens (tertiary/aromatic N) is 1. The summed E-state index contributed by atoms with van der Waals surface area (Å²) in [5.41, 5.74) is 6.80. The average molecular weight is 276 g/mol. The molecular formula is C14H20N4O2. The van der Waals surface area contributed by atoms with Gasteiger partial charge in [-0.1, -0.05) is 0 Å². The normalized spacial score (nSPS) is 10.5. The summed E-state index contributed by atoms with van der Waals surface area (Å²) in [4.78, 5) is 11.4. The average Bonchev–Trinajstić information content (AvgIpc) is 2.33. The zero-order valence-corrected chi connectivity index (χ0v) is 12.0. The molecule has 4 N–H and O–H groups in total. The molecule has 0 aliphatic carbocycles. The third-order valence-electron chi connectivity index (χ3n) is 2.27. The van der Waals surface area contributed by atoms with Crippen molar-refractivity contribution in [3.63, 3.8) is 0 Å². The molecular weight excluding hydrogens is 256 g/mol. The largest absolute Gasteiger partial charge is 0.444 e. The molecule has 6 nitrogen and oxygen atoms in total. The molecule has 1 amide bonds. The molecule has 108 valence electrons. The highest BCUT2D eigenvalue weighted by atomic mass is 16.6. The van der Waals surface area contributed by atoms with Crippen LogP contribution < -0.4 is 16.4 Å². The minimum Gasteiger partial charge on any atom is -0.444 e. The van der Waals surface area contributed by atoms with Crippen molar-refractivity contribution in [1.82, 2.24) is 5.32 Å². The number of nitrogens with one attached hydrogen (secondary N) is 2. The van der Waals surface area contributed by atoms with E-state index in [1.807, 2.05) is 0 Å². The second-order valence-corrected chi connectivity index (χ2v) is 5.27. The number of nitrogen functional groups attached to an aromatic ring is 1. The van der Waals surface area contributed by atoms with Gasteiger partial charge in [0.25, 0.3) is 0 Å². The zero-order valence-electron chi connectivity index (χ0n) is 12.0. The SMILES string of the molecule is CC(C)(C)OC(=O)NCCNc1ccc(N)cc1C#N. The number of ether oxygens (including phenoxy) is 1. The number of hydrogen-bond acceptors (Lipinski definition) is 5. The van der Waals surface area contributed by atoms with Crippen molar-refractivity contribution in [1.29, 1.82) is 5.26 Å². The van der Waals surface area contributed by atoms with Gasteiger partial charge in [-0.2, -0.15) is 5.26 Å². The second kappa shape index (κ2) is 6.66. The van der Waals surface area contributed by atoms with Crippen molar-refractivity contribution in [3.05, 3.63) is 23.8 Å². The van der Waals surface area contributed by atoms with Gasteiger partial charge in [0.05, 0.1) is 11.3 Å². The molecule has 0 atom stereocenters. The smallest absolute Gasteiger partial charge is 0.407 e. The Morgan fingerprint density at radius 3 is 2.70 bits per heavy atom. The lowest BCUT2D eigenvalue weighted by atomic mass is 10.1. The molecule has 0 aromatic heterocycles. The fraction of sp³-hybridized carbons (Fsp3) is 0.429. The maximum atomic E-state index is 11.4. The predicted octanol–water partition coefficient (Wildman–Crippen LogP) is 2.08. The summed E-state index contributed by atoms with van der Waals surface area (Å²) in [6.45, 7) is 6.29. The van der Waals surface area contributed by atoms with E-state index in [0.717, 1.165) is 0 Å². The number of benzene rings is 1. The summed E-state index contributed by atoms with van der Waals surface area (Å²) in [6, 6.07) is 7.11. The number of nitriles is 1. The summed E-state index contributed by atoms with van der Waals surface area (Å²) < 4.78 is 5.10. The fourth-order valence-electron chi connectivity index (χ4n) is 1.48. The first-order valence-electron chi connectivity index (χ1n) is 6.32. The Balaban J connectivity index is 2.39. The third-order valence-corrected chi connectivity index (χ3v) is 2.27. The van der Waals surface area contributed by atoms with Crippen LogP contribution in [0.2, 0.25) is 0 Å². The Morgan fingerprint density at radius 1 is 1.40 bits per heavy atom. The molecule has 0 aliphatic rings. The molecule has 0 saturated heterocycles. The van der Waals surface area contributed by atoms with Gasteiger partial charge in [0, 0.05) is 18.8 Å². The fourth-order valence-corrected chi connectivity index (χ4v) is 1.48. The molecule has 0 spiro atoms. The molecule has 0 aliphatic heterocycles. The molecule has 1 aromatic rings. The van der Waals surface area contributed by atoms with Crippen LogP contribution in [0, 0.1) is 11.3 Å². The van der Waals surface area contributed by atoms with E-state index < -0.39 is 11.7 Å². The lowest BCUT2D eigenvalue weighted by Crippen LogP contribution is -2.35. The Kier molecular flexibility index (Phi) is 5.21. The predicted molar refractivity (Wildman–Crippen MR) is 78.3 cm³/mol. The second-order valence-electron chi connectivity index (χ2n) is 5.27. The van der Waals surface area contributed by atoms with E-state index in [1.165, 1.54) is 0 Å². The molecule has 0 heterocycles. The Morgan fingerprint density at radius 2 is 2.10 bits per heavy atom. The number of carbonyl (C=O) groups is 1. The molecule has 0 fully saturated rings. The maximum absolute atomic E-state index is 11.4. The first-order valence-corrected chi connectivity index (χ1v) is 6.32. The lowest BCUT2D eigenvalue weighted by Gasteiger charge is -2.19. The number of carbonyl (C=O) groups excluding carboxylic acids is 1. The van der Waals surface area contributed by atoms with Crippen LogP contribution in [0.1, 0.15) is 26.3 Å². The van der Waals surface area contributed by atoms with Crippen LogP contribution in [-0.2, 0) is 4.74 Å². The molecule has 6 heteroatoms. The first kappa shape index (κ1) is 15.6. The number of hydrogen-bond donors (Lipinski definition) is 3. The van der Waals surface area contributed by atoms with Gasteiger partial charge in [0.1, 0.15) is 11.7 Å². The van der Waals surface area contributed by atoms with E-state index in [9.17, 15) is 4.79 Å². The van der Waals surface area contributed by atoms with Crippen LogP contribution in [0.3, 0.4) is 0 Å². The van der Waals surface area contributed by atoms with Crippen LogP contribution in [0.4, 0.5) is 16.2 Å². The quantitative estimate of drug-likeness (QED) is 0.577. The minimum atomic E-state index is -0.511. The van der Waals surface area contributed by atoms with Crippen molar-refractivity contribution in [2.45, 2.75) is 26.4 Å². The van der Waals surface area contributed by atoms with E-state index in [0.29, 0.717) is 30.0 Å². The highest BCUT2D eigenvalue weighted by molar-refractivity contribution is 5.68. The Bertz CT molecular complexity index is 515. The molecule has 0 radical (unpaired) electrons. The molecule has 0 bridgehead atoms. The number of alkyl carbamates (subject to hydrolysis) is 1. The third kappa shape index (κ3) is 5.48. The van der Waals surface area contributed by atoms with Crippen molar-refractivity contribution in [2.75, 3.05) is 24.1 Å². The van der Waals surface area contributed by atoms with Gasteiger partial charge in [-0.05, 0) is 39.0 Å². The minimum absolute atomic E-state index is 0.393. The summed E-state index contributed by atoms with van der Waals surface area (Å²) in [5, 5.41) is 14.7. The molecule has 1 rings (SSSR count). The molecule has 1 aromatic carbocycles. The topological polar surface area (TPSA) is 100 Å². The highest BCUT2D eigenvalue weighted by Gasteiger charge is 2.15. The first-order chi connectivity index (χ1) is 9.31. The van der Waals surface area contributed by atoms with Crippen LogP contribution in [-0.4, -0.2) is 24.8 Å². The Labute approximate surface area is 118 Å². The maximum Gasteiger partial charge on any atom is 0.407 e. The number of amides is 1. The van der Waals surface area contributed by atoms with Crippen molar-refractivity contribution in [2.24, 2.45) is 0 Å². The summed E-state index contributed by atoms with van der Waals surface area (Å²) in [5.74, 6) is 0. The van der Waals surface area contributed by atoms with Gasteiger partial charge in [-0.25, -0.2) is 4.79 Å². The number of nitrogens with two attached hydrogens (primary N) is 1. The van der Waals surface area contributed by atoms with Gasteiger partial charge in [0.15, 0.2) is 0 Å². The van der Waals surface area contributed by atoms with Gasteiger partial charge in [-0.15, -0.1) is 0 Å². The highest BCUT2D eigenvalue weighted by Crippen LogP contribution is 2.17. The van der Waals surface area contributed by atoms with Crippen molar-refractivity contribution < 1.29 is 9.53 Å². The number of anilines is 2. The zero-order chi connectivity index (χ0) is 15.2. The number of rotatable bonds is 4. The standard InChI is InChI=1S/C14H20N4O2/c1-14(2,3)20-13(19)18-7-6-17-12-5-4-11(16)8-10(12)9-15/h4-5,8,17H,6-7,16H2,1-3H3,(H,18,19). The van der Waals surface area contributed by atoms with Crippen LogP contribution in [0.15, 0.2) is 18.2 Å². The van der Waals surface area contributed by atoms with Gasteiger partial charge in [-0.3, -0.25) is 0 Å². The monoisotopic (exact) mass is 276 g/mol. The summed E-state index contributed by atoms with van der Waals surface area (Å²) in [6.07, 6.45) is -0.461. The Hall–Kier alpha value is -2.42.